The van der Waals surface area contributed by atoms with Crippen LogP contribution in [0, 0.1) is 5.82 Å². The van der Waals surface area contributed by atoms with Crippen molar-refractivity contribution in [2.75, 3.05) is 24.0 Å². The SMILES string of the molecule is COC(=O)CNC(=O)c1ccc(NC(=O)C2=NN(c3ccc(F)cc3)[C@@H](C(N)=O)C2)cc1. The number of halogens is 1. The van der Waals surface area contributed by atoms with Crippen molar-refractivity contribution >= 4 is 40.8 Å². The van der Waals surface area contributed by atoms with Crippen LogP contribution >= 0.6 is 0 Å². The summed E-state index contributed by atoms with van der Waals surface area (Å²) in [5.41, 5.74) is 6.59. The fourth-order valence-corrected chi connectivity index (χ4v) is 2.94. The molecule has 1 aliphatic heterocycles. The van der Waals surface area contributed by atoms with Crippen molar-refractivity contribution in [1.82, 2.24) is 5.32 Å². The van der Waals surface area contributed by atoms with Crippen molar-refractivity contribution in [2.45, 2.75) is 12.5 Å². The first-order valence-corrected chi connectivity index (χ1v) is 9.46. The number of nitrogens with two attached hydrogens (primary N) is 1. The lowest BCUT2D eigenvalue weighted by atomic mass is 10.1. The summed E-state index contributed by atoms with van der Waals surface area (Å²) in [6.07, 6.45) is -0.0213. The summed E-state index contributed by atoms with van der Waals surface area (Å²) in [7, 11) is 1.21. The van der Waals surface area contributed by atoms with Gasteiger partial charge in [-0.1, -0.05) is 0 Å². The number of carbonyl (C=O) groups excluding carboxylic acids is 4. The van der Waals surface area contributed by atoms with Gasteiger partial charge in [-0.3, -0.25) is 24.2 Å². The third-order valence-corrected chi connectivity index (χ3v) is 4.62. The molecule has 0 radical (unpaired) electrons. The molecule has 2 aromatic carbocycles. The summed E-state index contributed by atoms with van der Waals surface area (Å²) in [6.45, 7) is -0.265. The van der Waals surface area contributed by atoms with Crippen LogP contribution in [0.5, 0.6) is 0 Å². The number of primary amides is 1. The second-order valence-corrected chi connectivity index (χ2v) is 6.78. The van der Waals surface area contributed by atoms with Gasteiger partial charge in [0.1, 0.15) is 24.1 Å². The average molecular weight is 441 g/mol. The van der Waals surface area contributed by atoms with E-state index in [0.717, 1.165) is 0 Å². The molecule has 11 heteroatoms. The van der Waals surface area contributed by atoms with Gasteiger partial charge in [-0.15, -0.1) is 0 Å². The Labute approximate surface area is 182 Å². The molecule has 166 valence electrons. The Morgan fingerprint density at radius 3 is 2.34 bits per heavy atom. The van der Waals surface area contributed by atoms with Crippen molar-refractivity contribution < 1.29 is 28.3 Å². The van der Waals surface area contributed by atoms with Crippen LogP contribution in [0.1, 0.15) is 16.8 Å². The maximum atomic E-state index is 13.2. The maximum absolute atomic E-state index is 13.2. The zero-order valence-electron chi connectivity index (χ0n) is 17.0. The number of amides is 3. The van der Waals surface area contributed by atoms with Crippen LogP contribution in [0.25, 0.3) is 0 Å². The first kappa shape index (κ1) is 22.4. The highest BCUT2D eigenvalue weighted by molar-refractivity contribution is 6.44. The summed E-state index contributed by atoms with van der Waals surface area (Å²) < 4.78 is 17.6. The molecule has 0 aromatic heterocycles. The van der Waals surface area contributed by atoms with Crippen molar-refractivity contribution in [3.8, 4) is 0 Å². The van der Waals surface area contributed by atoms with Gasteiger partial charge >= 0.3 is 5.97 Å². The number of nitrogens with zero attached hydrogens (tertiary/aromatic N) is 2. The first-order chi connectivity index (χ1) is 15.3. The molecule has 0 fully saturated rings. The molecule has 0 spiro atoms. The van der Waals surface area contributed by atoms with Crippen molar-refractivity contribution in [1.29, 1.82) is 0 Å². The number of hydrogen-bond donors (Lipinski definition) is 3. The van der Waals surface area contributed by atoms with Gasteiger partial charge in [0.05, 0.1) is 12.8 Å². The summed E-state index contributed by atoms with van der Waals surface area (Å²) in [6, 6.07) is 10.3. The summed E-state index contributed by atoms with van der Waals surface area (Å²) in [5.74, 6) is -2.74. The van der Waals surface area contributed by atoms with Crippen LogP contribution in [0.3, 0.4) is 0 Å². The third kappa shape index (κ3) is 5.25. The number of nitrogens with one attached hydrogen (secondary N) is 2. The van der Waals surface area contributed by atoms with E-state index in [1.807, 2.05) is 0 Å². The highest BCUT2D eigenvalue weighted by Gasteiger charge is 2.35. The lowest BCUT2D eigenvalue weighted by Crippen LogP contribution is -2.39. The minimum atomic E-state index is -0.887. The number of ether oxygens (including phenoxy) is 1. The molecule has 0 bridgehead atoms. The highest BCUT2D eigenvalue weighted by atomic mass is 19.1. The average Bonchev–Trinajstić information content (AvgIpc) is 3.24. The van der Waals surface area contributed by atoms with Gasteiger partial charge in [0.2, 0.25) is 5.91 Å². The fourth-order valence-electron chi connectivity index (χ4n) is 2.94. The molecular formula is C21H20FN5O5. The second kappa shape index (κ2) is 9.69. The van der Waals surface area contributed by atoms with Gasteiger partial charge in [-0.05, 0) is 48.5 Å². The van der Waals surface area contributed by atoms with Crippen LogP contribution in [0.2, 0.25) is 0 Å². The maximum Gasteiger partial charge on any atom is 0.325 e. The molecule has 1 aliphatic rings. The van der Waals surface area contributed by atoms with Crippen LogP contribution in [0.4, 0.5) is 15.8 Å². The molecule has 0 unspecified atom stereocenters. The van der Waals surface area contributed by atoms with Crippen molar-refractivity contribution in [3.63, 3.8) is 0 Å². The zero-order valence-corrected chi connectivity index (χ0v) is 17.0. The van der Waals surface area contributed by atoms with Crippen LogP contribution in [-0.2, 0) is 19.1 Å². The molecule has 0 aliphatic carbocycles. The van der Waals surface area contributed by atoms with Gasteiger partial charge < -0.3 is 21.1 Å². The van der Waals surface area contributed by atoms with E-state index in [9.17, 15) is 23.6 Å². The molecule has 3 amide bonds. The number of carbonyl (C=O) groups is 4. The molecule has 1 heterocycles. The Bertz CT molecular complexity index is 1070. The first-order valence-electron chi connectivity index (χ1n) is 9.46. The quantitative estimate of drug-likeness (QED) is 0.542. The minimum absolute atomic E-state index is 0.0213. The zero-order chi connectivity index (χ0) is 23.3. The molecule has 1 atom stereocenters. The molecule has 0 saturated heterocycles. The van der Waals surface area contributed by atoms with Crippen LogP contribution < -0.4 is 21.4 Å². The molecule has 10 nitrogen and oxygen atoms in total. The summed E-state index contributed by atoms with van der Waals surface area (Å²) in [4.78, 5) is 47.6. The molecule has 3 rings (SSSR count). The normalized spacial score (nSPS) is 15.0. The number of anilines is 2. The molecule has 0 saturated carbocycles. The Balaban J connectivity index is 1.67. The standard InChI is InChI=1S/C21H20FN5O5/c1-32-18(28)11-24-20(30)12-2-6-14(7-3-12)25-21(31)16-10-17(19(23)29)27(26-16)15-8-4-13(22)5-9-15/h2-9,17H,10-11H2,1H3,(H2,23,29)(H,24,30)(H,25,31)/t17-/m1/s1. The number of hydrazone groups is 1. The Hall–Kier alpha value is -4.28. The van der Waals surface area contributed by atoms with Gasteiger partial charge in [0, 0.05) is 17.7 Å². The Morgan fingerprint density at radius 1 is 1.09 bits per heavy atom. The number of methoxy groups -OCH3 is 1. The van der Waals surface area contributed by atoms with Crippen LogP contribution in [-0.4, -0.2) is 49.1 Å². The molecule has 2 aromatic rings. The van der Waals surface area contributed by atoms with E-state index >= 15 is 0 Å². The van der Waals surface area contributed by atoms with Crippen LogP contribution in [0.15, 0.2) is 53.6 Å². The van der Waals surface area contributed by atoms with Gasteiger partial charge in [-0.25, -0.2) is 4.39 Å². The van der Waals surface area contributed by atoms with Gasteiger partial charge in [0.15, 0.2) is 0 Å². The number of hydrogen-bond acceptors (Lipinski definition) is 7. The smallest absolute Gasteiger partial charge is 0.325 e. The van der Waals surface area contributed by atoms with E-state index in [0.29, 0.717) is 11.4 Å². The Morgan fingerprint density at radius 2 is 1.75 bits per heavy atom. The lowest BCUT2D eigenvalue weighted by molar-refractivity contribution is -0.139. The van der Waals surface area contributed by atoms with Gasteiger partial charge in [0.25, 0.3) is 11.8 Å². The topological polar surface area (TPSA) is 143 Å². The molecule has 4 N–H and O–H groups in total. The molecule has 32 heavy (non-hydrogen) atoms. The van der Waals surface area contributed by atoms with Crippen molar-refractivity contribution in [2.24, 2.45) is 10.8 Å². The van der Waals surface area contributed by atoms with E-state index in [2.05, 4.69) is 20.5 Å². The fraction of sp³-hybridized carbons (Fsp3) is 0.190. The second-order valence-electron chi connectivity index (χ2n) is 6.78. The predicted octanol–water partition coefficient (Wildman–Crippen LogP) is 0.787. The van der Waals surface area contributed by atoms with E-state index in [1.54, 1.807) is 0 Å². The van der Waals surface area contributed by atoms with E-state index in [4.69, 9.17) is 5.73 Å². The van der Waals surface area contributed by atoms with Gasteiger partial charge in [-0.2, -0.15) is 5.10 Å². The predicted molar refractivity (Wildman–Crippen MR) is 113 cm³/mol. The Kier molecular flexibility index (Phi) is 6.78. The lowest BCUT2D eigenvalue weighted by Gasteiger charge is -2.20. The summed E-state index contributed by atoms with van der Waals surface area (Å²) in [5, 5.41) is 10.5. The van der Waals surface area contributed by atoms with Crippen molar-refractivity contribution in [3.05, 3.63) is 59.9 Å². The summed E-state index contributed by atoms with van der Waals surface area (Å²) >= 11 is 0. The number of benzene rings is 2. The highest BCUT2D eigenvalue weighted by Crippen LogP contribution is 2.25. The minimum Gasteiger partial charge on any atom is -0.468 e. The number of esters is 1. The number of rotatable bonds is 7. The monoisotopic (exact) mass is 441 g/mol. The van der Waals surface area contributed by atoms with E-state index < -0.39 is 35.5 Å². The van der Waals surface area contributed by atoms with E-state index in [-0.39, 0.29) is 24.2 Å². The third-order valence-electron chi connectivity index (χ3n) is 4.62. The van der Waals surface area contributed by atoms with E-state index in [1.165, 1.54) is 60.6 Å². The largest absolute Gasteiger partial charge is 0.468 e. The molecular weight excluding hydrogens is 421 g/mol.